The first-order valence-electron chi connectivity index (χ1n) is 6.42. The summed E-state index contributed by atoms with van der Waals surface area (Å²) in [6.45, 7) is 4.61. The number of para-hydroxylation sites is 1. The van der Waals surface area contributed by atoms with Crippen LogP contribution in [0.2, 0.25) is 5.02 Å². The second-order valence-corrected chi connectivity index (χ2v) is 6.25. The van der Waals surface area contributed by atoms with Crippen molar-refractivity contribution in [3.8, 4) is 0 Å². The summed E-state index contributed by atoms with van der Waals surface area (Å²) in [5.41, 5.74) is 8.26. The highest BCUT2D eigenvalue weighted by Gasteiger charge is 2.37. The Balaban J connectivity index is 2.23. The number of aromatic nitrogens is 2. The van der Waals surface area contributed by atoms with Crippen LogP contribution in [-0.4, -0.2) is 9.55 Å². The number of rotatable bonds is 1. The summed E-state index contributed by atoms with van der Waals surface area (Å²) in [4.78, 5) is 4.43. The van der Waals surface area contributed by atoms with Gasteiger partial charge in [-0.15, -0.1) is 0 Å². The topological polar surface area (TPSA) is 43.8 Å². The Kier molecular flexibility index (Phi) is 2.56. The molecule has 2 aromatic rings. The third-order valence-corrected chi connectivity index (χ3v) is 4.52. The zero-order chi connectivity index (χ0) is 12.9. The molecule has 2 N–H and O–H groups in total. The smallest absolute Gasteiger partial charge is 0.201 e. The molecule has 1 aliphatic rings. The maximum absolute atomic E-state index is 6.19. The van der Waals surface area contributed by atoms with Gasteiger partial charge in [-0.25, -0.2) is 4.98 Å². The second kappa shape index (κ2) is 3.89. The van der Waals surface area contributed by atoms with Crippen molar-refractivity contribution in [1.29, 1.82) is 0 Å². The van der Waals surface area contributed by atoms with Crippen LogP contribution in [0.1, 0.15) is 39.2 Å². The lowest BCUT2D eigenvalue weighted by Crippen LogP contribution is -2.22. The van der Waals surface area contributed by atoms with E-state index in [1.165, 1.54) is 12.8 Å². The van der Waals surface area contributed by atoms with E-state index in [0.717, 1.165) is 17.5 Å². The largest absolute Gasteiger partial charge is 0.369 e. The van der Waals surface area contributed by atoms with E-state index >= 15 is 0 Å². The zero-order valence-corrected chi connectivity index (χ0v) is 11.5. The Morgan fingerprint density at radius 1 is 1.44 bits per heavy atom. The molecule has 0 spiro atoms. The molecule has 0 bridgehead atoms. The van der Waals surface area contributed by atoms with Gasteiger partial charge in [-0.05, 0) is 30.4 Å². The number of halogens is 1. The van der Waals surface area contributed by atoms with E-state index < -0.39 is 0 Å². The number of hydrogen-bond donors (Lipinski definition) is 1. The van der Waals surface area contributed by atoms with Crippen molar-refractivity contribution in [2.75, 3.05) is 5.73 Å². The van der Waals surface area contributed by atoms with Crippen molar-refractivity contribution in [1.82, 2.24) is 9.55 Å². The number of nitrogen functional groups attached to an aromatic ring is 1. The van der Waals surface area contributed by atoms with Crippen LogP contribution in [0.3, 0.4) is 0 Å². The van der Waals surface area contributed by atoms with Gasteiger partial charge >= 0.3 is 0 Å². The van der Waals surface area contributed by atoms with Gasteiger partial charge in [0.15, 0.2) is 0 Å². The lowest BCUT2D eigenvalue weighted by Gasteiger charge is -2.29. The number of hydrogen-bond acceptors (Lipinski definition) is 2. The number of fused-ring (bicyclic) bond motifs is 1. The van der Waals surface area contributed by atoms with Crippen molar-refractivity contribution in [3.63, 3.8) is 0 Å². The predicted molar refractivity (Wildman–Crippen MR) is 75.8 cm³/mol. The highest BCUT2D eigenvalue weighted by atomic mass is 35.5. The SMILES string of the molecule is CC1(C)CCCC1n1c(N)nc2c(Cl)cccc21. The number of nitrogens with two attached hydrogens (primary N) is 1. The van der Waals surface area contributed by atoms with Crippen LogP contribution in [0.25, 0.3) is 11.0 Å². The molecule has 3 nitrogen and oxygen atoms in total. The van der Waals surface area contributed by atoms with Gasteiger partial charge < -0.3 is 10.3 Å². The molecule has 1 aromatic heterocycles. The van der Waals surface area contributed by atoms with Crippen LogP contribution in [0.5, 0.6) is 0 Å². The molecular formula is C14H18ClN3. The van der Waals surface area contributed by atoms with Gasteiger partial charge in [0.25, 0.3) is 0 Å². The van der Waals surface area contributed by atoms with Gasteiger partial charge in [-0.3, -0.25) is 0 Å². The average molecular weight is 264 g/mol. The molecule has 1 heterocycles. The molecule has 0 aliphatic heterocycles. The number of imidazole rings is 1. The lowest BCUT2D eigenvalue weighted by molar-refractivity contribution is 0.268. The van der Waals surface area contributed by atoms with E-state index in [0.29, 0.717) is 17.0 Å². The molecule has 4 heteroatoms. The lowest BCUT2D eigenvalue weighted by atomic mass is 9.87. The fourth-order valence-corrected chi connectivity index (χ4v) is 3.43. The van der Waals surface area contributed by atoms with Crippen molar-refractivity contribution < 1.29 is 0 Å². The minimum absolute atomic E-state index is 0.268. The Hall–Kier alpha value is -1.22. The van der Waals surface area contributed by atoms with Crippen molar-refractivity contribution in [2.24, 2.45) is 5.41 Å². The number of anilines is 1. The highest BCUT2D eigenvalue weighted by Crippen LogP contribution is 2.48. The minimum Gasteiger partial charge on any atom is -0.369 e. The summed E-state index contributed by atoms with van der Waals surface area (Å²) < 4.78 is 2.17. The van der Waals surface area contributed by atoms with Gasteiger partial charge in [-0.2, -0.15) is 0 Å². The Bertz CT molecular complexity index is 600. The first kappa shape index (κ1) is 11.8. The van der Waals surface area contributed by atoms with Crippen LogP contribution in [0.4, 0.5) is 5.95 Å². The van der Waals surface area contributed by atoms with Crippen molar-refractivity contribution >= 4 is 28.6 Å². The molecule has 0 saturated heterocycles. The summed E-state index contributed by atoms with van der Waals surface area (Å²) in [7, 11) is 0. The second-order valence-electron chi connectivity index (χ2n) is 5.84. The molecule has 96 valence electrons. The molecule has 1 fully saturated rings. The quantitative estimate of drug-likeness (QED) is 0.844. The first-order valence-corrected chi connectivity index (χ1v) is 6.80. The van der Waals surface area contributed by atoms with Gasteiger partial charge in [0, 0.05) is 6.04 Å². The third-order valence-electron chi connectivity index (χ3n) is 4.21. The summed E-state index contributed by atoms with van der Waals surface area (Å²) in [6.07, 6.45) is 3.64. The van der Waals surface area contributed by atoms with Gasteiger partial charge in [0.2, 0.25) is 5.95 Å². The fourth-order valence-electron chi connectivity index (χ4n) is 3.22. The summed E-state index contributed by atoms with van der Waals surface area (Å²) in [5, 5.41) is 0.675. The van der Waals surface area contributed by atoms with E-state index in [4.69, 9.17) is 17.3 Å². The monoisotopic (exact) mass is 263 g/mol. The van der Waals surface area contributed by atoms with E-state index in [2.05, 4.69) is 29.5 Å². The van der Waals surface area contributed by atoms with Crippen LogP contribution < -0.4 is 5.73 Å². The van der Waals surface area contributed by atoms with Gasteiger partial charge in [-0.1, -0.05) is 37.9 Å². The van der Waals surface area contributed by atoms with Gasteiger partial charge in [0.1, 0.15) is 5.52 Å². The summed E-state index contributed by atoms with van der Waals surface area (Å²) in [5.74, 6) is 0.582. The molecule has 0 radical (unpaired) electrons. The number of benzene rings is 1. The van der Waals surface area contributed by atoms with E-state index in [1.54, 1.807) is 0 Å². The maximum Gasteiger partial charge on any atom is 0.201 e. The number of nitrogens with zero attached hydrogens (tertiary/aromatic N) is 2. The summed E-state index contributed by atoms with van der Waals surface area (Å²) >= 11 is 6.19. The van der Waals surface area contributed by atoms with Crippen LogP contribution >= 0.6 is 11.6 Å². The molecule has 1 saturated carbocycles. The molecule has 1 atom stereocenters. The zero-order valence-electron chi connectivity index (χ0n) is 10.8. The average Bonchev–Trinajstić information content (AvgIpc) is 2.79. The van der Waals surface area contributed by atoms with E-state index in [9.17, 15) is 0 Å². The fraction of sp³-hybridized carbons (Fsp3) is 0.500. The standard InChI is InChI=1S/C14H18ClN3/c1-14(2)8-4-7-11(14)18-10-6-3-5-9(15)12(10)17-13(18)16/h3,5-6,11H,4,7-8H2,1-2H3,(H2,16,17). The Labute approximate surface area is 112 Å². The van der Waals surface area contributed by atoms with Crippen molar-refractivity contribution in [2.45, 2.75) is 39.2 Å². The van der Waals surface area contributed by atoms with Crippen LogP contribution in [0.15, 0.2) is 18.2 Å². The van der Waals surface area contributed by atoms with E-state index in [1.807, 2.05) is 12.1 Å². The molecular weight excluding hydrogens is 246 g/mol. The molecule has 3 rings (SSSR count). The Morgan fingerprint density at radius 3 is 2.89 bits per heavy atom. The minimum atomic E-state index is 0.268. The molecule has 1 unspecified atom stereocenters. The van der Waals surface area contributed by atoms with Crippen LogP contribution in [-0.2, 0) is 0 Å². The van der Waals surface area contributed by atoms with E-state index in [-0.39, 0.29) is 5.41 Å². The molecule has 0 amide bonds. The predicted octanol–water partition coefficient (Wildman–Crippen LogP) is 4.02. The maximum atomic E-state index is 6.19. The van der Waals surface area contributed by atoms with Gasteiger partial charge in [0.05, 0.1) is 10.5 Å². The van der Waals surface area contributed by atoms with Crippen LogP contribution in [0, 0.1) is 5.41 Å². The molecule has 1 aliphatic carbocycles. The highest BCUT2D eigenvalue weighted by molar-refractivity contribution is 6.35. The third kappa shape index (κ3) is 1.61. The van der Waals surface area contributed by atoms with Crippen molar-refractivity contribution in [3.05, 3.63) is 23.2 Å². The first-order chi connectivity index (χ1) is 8.50. The Morgan fingerprint density at radius 2 is 2.22 bits per heavy atom. The normalized spacial score (nSPS) is 22.7. The molecule has 1 aromatic carbocycles. The molecule has 18 heavy (non-hydrogen) atoms. The summed E-state index contributed by atoms with van der Waals surface area (Å²) in [6, 6.07) is 6.30.